The molecule has 1 amide bonds. The van der Waals surface area contributed by atoms with Crippen LogP contribution in [0.15, 0.2) is 18.3 Å². The van der Waals surface area contributed by atoms with Gasteiger partial charge < -0.3 is 11.1 Å². The van der Waals surface area contributed by atoms with E-state index in [1.54, 1.807) is 6.20 Å². The predicted octanol–water partition coefficient (Wildman–Crippen LogP) is 1.85. The summed E-state index contributed by atoms with van der Waals surface area (Å²) in [5.74, 6) is 0.385. The molecule has 92 valence electrons. The number of amides is 1. The third kappa shape index (κ3) is 3.03. The Labute approximate surface area is 102 Å². The molecule has 0 saturated heterocycles. The van der Waals surface area contributed by atoms with Gasteiger partial charge in [-0.3, -0.25) is 9.78 Å². The maximum Gasteiger partial charge on any atom is 0.224 e. The number of carbonyl (C=O) groups excluding carboxylic acids is 1. The second kappa shape index (κ2) is 5.27. The van der Waals surface area contributed by atoms with Crippen LogP contribution in [0.3, 0.4) is 0 Å². The molecular formula is C13H19N3O. The minimum absolute atomic E-state index is 0.0449. The van der Waals surface area contributed by atoms with Crippen LogP contribution in [0.2, 0.25) is 0 Å². The number of nitrogens with zero attached hydrogens (tertiary/aromatic N) is 1. The van der Waals surface area contributed by atoms with Crippen LogP contribution in [-0.2, 0) is 4.79 Å². The highest BCUT2D eigenvalue weighted by Gasteiger charge is 2.26. The van der Waals surface area contributed by atoms with Crippen molar-refractivity contribution in [2.45, 2.75) is 38.6 Å². The number of rotatable bonds is 3. The van der Waals surface area contributed by atoms with Crippen LogP contribution in [0.5, 0.6) is 0 Å². The second-order valence-corrected chi connectivity index (χ2v) is 4.74. The number of aromatic nitrogens is 1. The summed E-state index contributed by atoms with van der Waals surface area (Å²) < 4.78 is 0. The van der Waals surface area contributed by atoms with Crippen molar-refractivity contribution in [3.05, 3.63) is 24.0 Å². The van der Waals surface area contributed by atoms with E-state index >= 15 is 0 Å². The van der Waals surface area contributed by atoms with E-state index in [0.717, 1.165) is 30.6 Å². The molecule has 1 heterocycles. The molecule has 1 saturated carbocycles. The SMILES string of the molecule is Cc1ncccc1NC(=O)C[C@@H]1CCC[C@H]1N. The molecule has 1 aromatic rings. The first-order valence-electron chi connectivity index (χ1n) is 6.14. The largest absolute Gasteiger partial charge is 0.327 e. The van der Waals surface area contributed by atoms with Gasteiger partial charge >= 0.3 is 0 Å². The Bertz CT molecular complexity index is 405. The van der Waals surface area contributed by atoms with Crippen LogP contribution in [0.4, 0.5) is 5.69 Å². The first-order chi connectivity index (χ1) is 8.16. The van der Waals surface area contributed by atoms with E-state index < -0.39 is 0 Å². The Morgan fingerprint density at radius 3 is 3.06 bits per heavy atom. The van der Waals surface area contributed by atoms with E-state index in [9.17, 15) is 4.79 Å². The molecule has 1 aliphatic carbocycles. The molecule has 1 aliphatic rings. The van der Waals surface area contributed by atoms with Gasteiger partial charge in [-0.05, 0) is 37.8 Å². The van der Waals surface area contributed by atoms with Crippen molar-refractivity contribution in [2.75, 3.05) is 5.32 Å². The summed E-state index contributed by atoms with van der Waals surface area (Å²) in [6.07, 6.45) is 5.50. The van der Waals surface area contributed by atoms with Gasteiger partial charge in [0.15, 0.2) is 0 Å². The third-order valence-electron chi connectivity index (χ3n) is 3.45. The summed E-state index contributed by atoms with van der Waals surface area (Å²) in [5, 5.41) is 2.90. The minimum atomic E-state index is 0.0449. The molecule has 17 heavy (non-hydrogen) atoms. The molecule has 0 radical (unpaired) electrons. The van der Waals surface area contributed by atoms with E-state index in [-0.39, 0.29) is 11.9 Å². The monoisotopic (exact) mass is 233 g/mol. The van der Waals surface area contributed by atoms with E-state index in [0.29, 0.717) is 12.3 Å². The van der Waals surface area contributed by atoms with Crippen LogP contribution in [0, 0.1) is 12.8 Å². The molecule has 0 bridgehead atoms. The summed E-state index contributed by atoms with van der Waals surface area (Å²) in [4.78, 5) is 16.0. The first kappa shape index (κ1) is 12.0. The molecule has 2 rings (SSSR count). The number of pyridine rings is 1. The van der Waals surface area contributed by atoms with E-state index in [1.807, 2.05) is 19.1 Å². The second-order valence-electron chi connectivity index (χ2n) is 4.74. The highest BCUT2D eigenvalue weighted by atomic mass is 16.1. The lowest BCUT2D eigenvalue weighted by Crippen LogP contribution is -2.28. The molecule has 1 fully saturated rings. The molecule has 0 unspecified atom stereocenters. The normalized spacial score (nSPS) is 23.6. The topological polar surface area (TPSA) is 68.0 Å². The lowest BCUT2D eigenvalue weighted by atomic mass is 10.00. The quantitative estimate of drug-likeness (QED) is 0.837. The molecule has 2 atom stereocenters. The van der Waals surface area contributed by atoms with Gasteiger partial charge in [0.05, 0.1) is 11.4 Å². The maximum atomic E-state index is 11.9. The van der Waals surface area contributed by atoms with Gasteiger partial charge in [0, 0.05) is 18.7 Å². The number of carbonyl (C=O) groups is 1. The lowest BCUT2D eigenvalue weighted by molar-refractivity contribution is -0.117. The number of nitrogens with one attached hydrogen (secondary N) is 1. The highest BCUT2D eigenvalue weighted by molar-refractivity contribution is 5.91. The summed E-state index contributed by atoms with van der Waals surface area (Å²) in [7, 11) is 0. The van der Waals surface area contributed by atoms with Gasteiger partial charge in [0.25, 0.3) is 0 Å². The Balaban J connectivity index is 1.91. The number of nitrogens with two attached hydrogens (primary N) is 1. The maximum absolute atomic E-state index is 11.9. The molecule has 4 heteroatoms. The molecular weight excluding hydrogens is 214 g/mol. The highest BCUT2D eigenvalue weighted by Crippen LogP contribution is 2.27. The molecule has 3 N–H and O–H groups in total. The minimum Gasteiger partial charge on any atom is -0.327 e. The Morgan fingerprint density at radius 2 is 2.41 bits per heavy atom. The van der Waals surface area contributed by atoms with Crippen molar-refractivity contribution in [1.29, 1.82) is 0 Å². The van der Waals surface area contributed by atoms with Crippen LogP contribution in [0.25, 0.3) is 0 Å². The van der Waals surface area contributed by atoms with Gasteiger partial charge in [-0.1, -0.05) is 6.42 Å². The average molecular weight is 233 g/mol. The van der Waals surface area contributed by atoms with E-state index in [1.165, 1.54) is 0 Å². The smallest absolute Gasteiger partial charge is 0.224 e. The fourth-order valence-electron chi connectivity index (χ4n) is 2.37. The molecule has 0 spiro atoms. The van der Waals surface area contributed by atoms with Crippen molar-refractivity contribution in [3.63, 3.8) is 0 Å². The summed E-state index contributed by atoms with van der Waals surface area (Å²) in [6.45, 7) is 1.89. The zero-order valence-electron chi connectivity index (χ0n) is 10.1. The molecule has 0 aromatic carbocycles. The van der Waals surface area contributed by atoms with Crippen molar-refractivity contribution in [2.24, 2.45) is 11.7 Å². The van der Waals surface area contributed by atoms with Crippen LogP contribution >= 0.6 is 0 Å². The Morgan fingerprint density at radius 1 is 1.59 bits per heavy atom. The van der Waals surface area contributed by atoms with Gasteiger partial charge in [-0.25, -0.2) is 0 Å². The zero-order valence-corrected chi connectivity index (χ0v) is 10.1. The number of anilines is 1. The van der Waals surface area contributed by atoms with Crippen LogP contribution in [-0.4, -0.2) is 16.9 Å². The first-order valence-corrected chi connectivity index (χ1v) is 6.14. The van der Waals surface area contributed by atoms with Gasteiger partial charge in [0.2, 0.25) is 5.91 Å². The number of aryl methyl sites for hydroxylation is 1. The van der Waals surface area contributed by atoms with Crippen LogP contribution in [0.1, 0.15) is 31.4 Å². The Hall–Kier alpha value is -1.42. The lowest BCUT2D eigenvalue weighted by Gasteiger charge is -2.15. The van der Waals surface area contributed by atoms with Gasteiger partial charge in [-0.15, -0.1) is 0 Å². The fourth-order valence-corrected chi connectivity index (χ4v) is 2.37. The number of hydrogen-bond donors (Lipinski definition) is 2. The molecule has 1 aromatic heterocycles. The summed E-state index contributed by atoms with van der Waals surface area (Å²) in [5.41, 5.74) is 7.60. The fraction of sp³-hybridized carbons (Fsp3) is 0.538. The standard InChI is InChI=1S/C13H19N3O/c1-9-12(6-3-7-15-9)16-13(17)8-10-4-2-5-11(10)14/h3,6-7,10-11H,2,4-5,8,14H2,1H3,(H,16,17)/t10-,11+/m0/s1. The number of hydrogen-bond acceptors (Lipinski definition) is 3. The van der Waals surface area contributed by atoms with Crippen molar-refractivity contribution in [3.8, 4) is 0 Å². The predicted molar refractivity (Wildman–Crippen MR) is 67.5 cm³/mol. The van der Waals surface area contributed by atoms with E-state index in [4.69, 9.17) is 5.73 Å². The molecule has 0 aliphatic heterocycles. The molecule has 4 nitrogen and oxygen atoms in total. The third-order valence-corrected chi connectivity index (χ3v) is 3.45. The van der Waals surface area contributed by atoms with Crippen molar-refractivity contribution < 1.29 is 4.79 Å². The van der Waals surface area contributed by atoms with E-state index in [2.05, 4.69) is 10.3 Å². The summed E-state index contributed by atoms with van der Waals surface area (Å²) >= 11 is 0. The van der Waals surface area contributed by atoms with Crippen molar-refractivity contribution in [1.82, 2.24) is 4.98 Å². The zero-order chi connectivity index (χ0) is 12.3. The average Bonchev–Trinajstić information content (AvgIpc) is 2.68. The van der Waals surface area contributed by atoms with Crippen molar-refractivity contribution >= 4 is 11.6 Å². The summed E-state index contributed by atoms with van der Waals surface area (Å²) in [6, 6.07) is 3.88. The van der Waals surface area contributed by atoms with Crippen LogP contribution < -0.4 is 11.1 Å². The Kier molecular flexibility index (Phi) is 3.74. The van der Waals surface area contributed by atoms with Gasteiger partial charge in [0.1, 0.15) is 0 Å². The van der Waals surface area contributed by atoms with Gasteiger partial charge in [-0.2, -0.15) is 0 Å².